The highest BCUT2D eigenvalue weighted by Gasteiger charge is 2.63. The van der Waals surface area contributed by atoms with E-state index in [4.69, 9.17) is 4.43 Å². The van der Waals surface area contributed by atoms with Crippen LogP contribution in [0.5, 0.6) is 0 Å². The van der Waals surface area contributed by atoms with Gasteiger partial charge in [-0.15, -0.1) is 6.58 Å². The van der Waals surface area contributed by atoms with Gasteiger partial charge in [-0.2, -0.15) is 5.26 Å². The molecule has 1 amide bonds. The number of anilines is 1. The Morgan fingerprint density at radius 2 is 2.04 bits per heavy atom. The van der Waals surface area contributed by atoms with E-state index in [0.29, 0.717) is 19.3 Å². The maximum atomic E-state index is 13.0. The lowest BCUT2D eigenvalue weighted by Gasteiger charge is -2.53. The lowest BCUT2D eigenvalue weighted by atomic mass is 9.67. The Balaban J connectivity index is 2.21. The molecule has 1 saturated heterocycles. The summed E-state index contributed by atoms with van der Waals surface area (Å²) in [5.74, 6) is 0.0787. The van der Waals surface area contributed by atoms with E-state index in [9.17, 15) is 10.1 Å². The highest BCUT2D eigenvalue weighted by molar-refractivity contribution is 6.74. The van der Waals surface area contributed by atoms with E-state index >= 15 is 0 Å². The smallest absolute Gasteiger partial charge is 0.227 e. The van der Waals surface area contributed by atoms with Crippen molar-refractivity contribution in [3.05, 3.63) is 42.5 Å². The molecule has 0 unspecified atom stereocenters. The van der Waals surface area contributed by atoms with Crippen molar-refractivity contribution in [2.45, 2.75) is 82.1 Å². The summed E-state index contributed by atoms with van der Waals surface area (Å²) in [5.41, 5.74) is 0.341. The molecule has 2 heterocycles. The van der Waals surface area contributed by atoms with E-state index in [2.05, 4.69) is 53.4 Å². The van der Waals surface area contributed by atoms with Gasteiger partial charge in [-0.25, -0.2) is 0 Å². The Bertz CT molecular complexity index is 851. The number of para-hydroxylation sites is 1. The minimum absolute atomic E-state index is 0.0431. The van der Waals surface area contributed by atoms with Crippen LogP contribution in [0.4, 0.5) is 5.69 Å². The van der Waals surface area contributed by atoms with Gasteiger partial charge in [-0.1, -0.05) is 45.0 Å². The number of nitrogens with zero attached hydrogens (tertiary/aromatic N) is 2. The second kappa shape index (κ2) is 6.57. The van der Waals surface area contributed by atoms with Gasteiger partial charge in [-0.05, 0) is 49.5 Å². The molecule has 0 radical (unpaired) electrons. The SMILES string of the molecule is C=CC[C@]1(C#N)c2ccccc2N2C(=O)CC[C@](C)(O[Si](C)(C)C(C)(C)C)[C@H]21. The van der Waals surface area contributed by atoms with E-state index in [-0.39, 0.29) is 17.0 Å². The van der Waals surface area contributed by atoms with E-state index < -0.39 is 19.3 Å². The number of rotatable bonds is 4. The van der Waals surface area contributed by atoms with E-state index in [1.807, 2.05) is 29.2 Å². The summed E-state index contributed by atoms with van der Waals surface area (Å²) in [7, 11) is -2.12. The molecule has 2 aliphatic heterocycles. The summed E-state index contributed by atoms with van der Waals surface area (Å²) in [4.78, 5) is 14.9. The number of piperidine rings is 1. The average Bonchev–Trinajstić information content (AvgIpc) is 2.90. The van der Waals surface area contributed by atoms with Crippen molar-refractivity contribution >= 4 is 19.9 Å². The zero-order valence-corrected chi connectivity index (χ0v) is 19.0. The molecule has 4 nitrogen and oxygen atoms in total. The van der Waals surface area contributed by atoms with Crippen molar-refractivity contribution in [2.75, 3.05) is 4.90 Å². The van der Waals surface area contributed by atoms with Crippen LogP contribution in [0.3, 0.4) is 0 Å². The summed E-state index contributed by atoms with van der Waals surface area (Å²) >= 11 is 0. The normalized spacial score (nSPS) is 29.8. The number of amides is 1. The average molecular weight is 397 g/mol. The summed E-state index contributed by atoms with van der Waals surface area (Å²) in [5, 5.41) is 10.5. The first-order valence-corrected chi connectivity index (χ1v) is 13.0. The van der Waals surface area contributed by atoms with Crippen molar-refractivity contribution in [3.63, 3.8) is 0 Å². The van der Waals surface area contributed by atoms with Crippen LogP contribution in [0.15, 0.2) is 36.9 Å². The molecule has 0 aromatic heterocycles. The van der Waals surface area contributed by atoms with Gasteiger partial charge in [-0.3, -0.25) is 4.79 Å². The van der Waals surface area contributed by atoms with Gasteiger partial charge in [0.15, 0.2) is 8.32 Å². The van der Waals surface area contributed by atoms with Crippen LogP contribution in [-0.4, -0.2) is 25.9 Å². The number of carbonyl (C=O) groups is 1. The molecule has 0 saturated carbocycles. The molecule has 3 rings (SSSR count). The number of fused-ring (bicyclic) bond motifs is 3. The molecule has 1 aromatic rings. The molecular weight excluding hydrogens is 364 g/mol. The zero-order valence-electron chi connectivity index (χ0n) is 18.0. The van der Waals surface area contributed by atoms with Crippen molar-refractivity contribution in [1.82, 2.24) is 0 Å². The second-order valence-electron chi connectivity index (χ2n) is 9.93. The largest absolute Gasteiger partial charge is 0.409 e. The molecular formula is C23H32N2O2Si. The molecule has 2 aliphatic rings. The Hall–Kier alpha value is -1.90. The second-order valence-corrected chi connectivity index (χ2v) is 14.7. The predicted octanol–water partition coefficient (Wildman–Crippen LogP) is 5.31. The summed E-state index contributed by atoms with van der Waals surface area (Å²) in [6, 6.07) is 10.1. The van der Waals surface area contributed by atoms with Crippen LogP contribution >= 0.6 is 0 Å². The van der Waals surface area contributed by atoms with E-state index in [0.717, 1.165) is 11.3 Å². The molecule has 0 spiro atoms. The highest BCUT2D eigenvalue weighted by atomic mass is 28.4. The standard InChI is InChI=1S/C23H32N2O2Si/c1-8-14-23(16-24)17-11-9-10-12-18(17)25-19(26)13-15-22(5,20(23)25)27-28(6,7)21(2,3)4/h8-12,20H,1,13-15H2,2-7H3/t20-,22-,23-/m0/s1. The molecule has 3 atom stereocenters. The van der Waals surface area contributed by atoms with Crippen LogP contribution in [0, 0.1) is 11.3 Å². The first-order valence-electron chi connectivity index (χ1n) is 10.1. The predicted molar refractivity (Wildman–Crippen MR) is 116 cm³/mol. The molecule has 1 aromatic carbocycles. The maximum absolute atomic E-state index is 13.0. The third-order valence-electron chi connectivity index (χ3n) is 7.01. The first kappa shape index (κ1) is 20.8. The third kappa shape index (κ3) is 2.86. The quantitative estimate of drug-likeness (QED) is 0.512. The highest BCUT2D eigenvalue weighted by Crippen LogP contribution is 2.56. The molecule has 0 aliphatic carbocycles. The van der Waals surface area contributed by atoms with E-state index in [1.54, 1.807) is 6.08 Å². The Kier molecular flexibility index (Phi) is 4.89. The van der Waals surface area contributed by atoms with Crippen LogP contribution in [0.1, 0.15) is 52.5 Å². The number of hydrogen-bond donors (Lipinski definition) is 0. The number of benzene rings is 1. The van der Waals surface area contributed by atoms with Crippen LogP contribution in [-0.2, 0) is 14.6 Å². The Labute approximate surface area is 170 Å². The number of allylic oxidation sites excluding steroid dienone is 1. The molecule has 1 fully saturated rings. The summed E-state index contributed by atoms with van der Waals surface area (Å²) in [6.45, 7) is 17.2. The van der Waals surface area contributed by atoms with Gasteiger partial charge in [0.2, 0.25) is 5.91 Å². The fraction of sp³-hybridized carbons (Fsp3) is 0.565. The third-order valence-corrected chi connectivity index (χ3v) is 11.6. The fourth-order valence-corrected chi connectivity index (χ4v) is 6.40. The summed E-state index contributed by atoms with van der Waals surface area (Å²) < 4.78 is 6.99. The van der Waals surface area contributed by atoms with Gasteiger partial charge in [0, 0.05) is 12.1 Å². The number of nitriles is 1. The van der Waals surface area contributed by atoms with Gasteiger partial charge in [0.05, 0.1) is 17.7 Å². The zero-order chi connectivity index (χ0) is 21.0. The molecule has 0 bridgehead atoms. The lowest BCUT2D eigenvalue weighted by molar-refractivity contribution is -0.125. The minimum atomic E-state index is -2.12. The first-order chi connectivity index (χ1) is 12.9. The Morgan fingerprint density at radius 1 is 1.39 bits per heavy atom. The molecule has 0 N–H and O–H groups in total. The van der Waals surface area contributed by atoms with Gasteiger partial charge in [0.25, 0.3) is 0 Å². The number of carbonyl (C=O) groups excluding carboxylic acids is 1. The molecule has 28 heavy (non-hydrogen) atoms. The van der Waals surface area contributed by atoms with Crippen molar-refractivity contribution < 1.29 is 9.22 Å². The van der Waals surface area contributed by atoms with Crippen LogP contribution < -0.4 is 4.90 Å². The lowest BCUT2D eigenvalue weighted by Crippen LogP contribution is -2.66. The fourth-order valence-electron chi connectivity index (χ4n) is 4.71. The van der Waals surface area contributed by atoms with Gasteiger partial charge >= 0.3 is 0 Å². The van der Waals surface area contributed by atoms with Crippen molar-refractivity contribution in [3.8, 4) is 6.07 Å². The monoisotopic (exact) mass is 396 g/mol. The molecule has 150 valence electrons. The molecule has 5 heteroatoms. The van der Waals surface area contributed by atoms with Crippen LogP contribution in [0.2, 0.25) is 18.1 Å². The van der Waals surface area contributed by atoms with Gasteiger partial charge in [0.1, 0.15) is 5.41 Å². The maximum Gasteiger partial charge on any atom is 0.227 e. The topological polar surface area (TPSA) is 53.3 Å². The minimum Gasteiger partial charge on any atom is -0.409 e. The van der Waals surface area contributed by atoms with Gasteiger partial charge < -0.3 is 9.33 Å². The number of hydrogen-bond acceptors (Lipinski definition) is 3. The van der Waals surface area contributed by atoms with Crippen LogP contribution in [0.25, 0.3) is 0 Å². The summed E-state index contributed by atoms with van der Waals surface area (Å²) in [6.07, 6.45) is 3.36. The van der Waals surface area contributed by atoms with E-state index in [1.165, 1.54) is 0 Å². The van der Waals surface area contributed by atoms with Crippen molar-refractivity contribution in [1.29, 1.82) is 5.26 Å². The van der Waals surface area contributed by atoms with Crippen molar-refractivity contribution in [2.24, 2.45) is 0 Å². The Morgan fingerprint density at radius 3 is 2.61 bits per heavy atom.